The zero-order valence-electron chi connectivity index (χ0n) is 12.3. The van der Waals surface area contributed by atoms with Gasteiger partial charge in [0.2, 0.25) is 0 Å². The van der Waals surface area contributed by atoms with E-state index in [-0.39, 0.29) is 0 Å². The van der Waals surface area contributed by atoms with Gasteiger partial charge in [-0.2, -0.15) is 0 Å². The maximum Gasteiger partial charge on any atom is 0.137 e. The molecule has 0 N–H and O–H groups in total. The molecule has 1 aliphatic rings. The third-order valence-electron chi connectivity index (χ3n) is 3.77. The SMILES string of the molecule is CCCc1nc(Cl)c(C)c(N2CCC(N(C)C)C2)n1. The Morgan fingerprint density at radius 1 is 1.37 bits per heavy atom. The van der Waals surface area contributed by atoms with Crippen molar-refractivity contribution in [1.29, 1.82) is 0 Å². The highest BCUT2D eigenvalue weighted by Gasteiger charge is 2.26. The van der Waals surface area contributed by atoms with Crippen molar-refractivity contribution in [2.45, 2.75) is 39.2 Å². The highest BCUT2D eigenvalue weighted by Crippen LogP contribution is 2.27. The van der Waals surface area contributed by atoms with Gasteiger partial charge in [0.25, 0.3) is 0 Å². The fourth-order valence-electron chi connectivity index (χ4n) is 2.52. The summed E-state index contributed by atoms with van der Waals surface area (Å²) in [6.45, 7) is 6.21. The number of aromatic nitrogens is 2. The third kappa shape index (κ3) is 3.18. The Kier molecular flexibility index (Phi) is 4.63. The Bertz CT molecular complexity index is 447. The number of rotatable bonds is 4. The largest absolute Gasteiger partial charge is 0.355 e. The number of hydrogen-bond acceptors (Lipinski definition) is 4. The van der Waals surface area contributed by atoms with E-state index in [0.29, 0.717) is 11.2 Å². The average molecular weight is 283 g/mol. The van der Waals surface area contributed by atoms with Crippen LogP contribution < -0.4 is 4.90 Å². The molecule has 0 amide bonds. The van der Waals surface area contributed by atoms with Gasteiger partial charge in [0, 0.05) is 31.1 Å². The number of anilines is 1. The number of halogens is 1. The van der Waals surface area contributed by atoms with Crippen LogP contribution in [0.15, 0.2) is 0 Å². The monoisotopic (exact) mass is 282 g/mol. The second kappa shape index (κ2) is 6.06. The maximum atomic E-state index is 6.24. The van der Waals surface area contributed by atoms with Gasteiger partial charge in [0.05, 0.1) is 0 Å². The Labute approximate surface area is 120 Å². The lowest BCUT2D eigenvalue weighted by Crippen LogP contribution is -2.32. The molecule has 0 radical (unpaired) electrons. The summed E-state index contributed by atoms with van der Waals surface area (Å²) in [4.78, 5) is 13.7. The highest BCUT2D eigenvalue weighted by atomic mass is 35.5. The van der Waals surface area contributed by atoms with E-state index in [2.05, 4.69) is 35.8 Å². The summed E-state index contributed by atoms with van der Waals surface area (Å²) in [5.74, 6) is 1.88. The van der Waals surface area contributed by atoms with Gasteiger partial charge in [0.15, 0.2) is 0 Å². The Morgan fingerprint density at radius 3 is 2.68 bits per heavy atom. The summed E-state index contributed by atoms with van der Waals surface area (Å²) in [7, 11) is 4.27. The Balaban J connectivity index is 2.24. The van der Waals surface area contributed by atoms with E-state index in [4.69, 9.17) is 16.6 Å². The van der Waals surface area contributed by atoms with E-state index in [1.807, 2.05) is 6.92 Å². The van der Waals surface area contributed by atoms with Gasteiger partial charge in [0.1, 0.15) is 16.8 Å². The van der Waals surface area contributed by atoms with Gasteiger partial charge in [-0.15, -0.1) is 0 Å². The highest BCUT2D eigenvalue weighted by molar-refractivity contribution is 6.30. The zero-order valence-corrected chi connectivity index (χ0v) is 13.0. The predicted molar refractivity (Wildman–Crippen MR) is 80.1 cm³/mol. The molecular formula is C14H23ClN4. The van der Waals surface area contributed by atoms with Crippen LogP contribution in [0.1, 0.15) is 31.2 Å². The molecule has 0 bridgehead atoms. The van der Waals surface area contributed by atoms with Gasteiger partial charge in [-0.1, -0.05) is 18.5 Å². The minimum atomic E-state index is 0.599. The van der Waals surface area contributed by atoms with Gasteiger partial charge in [-0.3, -0.25) is 0 Å². The first-order valence-corrected chi connectivity index (χ1v) is 7.35. The minimum Gasteiger partial charge on any atom is -0.355 e. The van der Waals surface area contributed by atoms with Crippen LogP contribution in [-0.2, 0) is 6.42 Å². The normalized spacial score (nSPS) is 19.5. The van der Waals surface area contributed by atoms with Crippen LogP contribution in [0, 0.1) is 6.92 Å². The Hall–Kier alpha value is -0.870. The molecule has 5 heteroatoms. The summed E-state index contributed by atoms with van der Waals surface area (Å²) in [6, 6.07) is 0.600. The fourth-order valence-corrected chi connectivity index (χ4v) is 2.70. The molecule has 106 valence electrons. The van der Waals surface area contributed by atoms with Gasteiger partial charge in [-0.25, -0.2) is 9.97 Å². The first-order valence-electron chi connectivity index (χ1n) is 6.97. The molecule has 2 heterocycles. The lowest BCUT2D eigenvalue weighted by molar-refractivity contribution is 0.315. The minimum absolute atomic E-state index is 0.599. The fraction of sp³-hybridized carbons (Fsp3) is 0.714. The lowest BCUT2D eigenvalue weighted by Gasteiger charge is -2.23. The van der Waals surface area contributed by atoms with Crippen molar-refractivity contribution >= 4 is 17.4 Å². The molecule has 19 heavy (non-hydrogen) atoms. The standard InChI is InChI=1S/C14H23ClN4/c1-5-6-12-16-13(15)10(2)14(17-12)19-8-7-11(9-19)18(3)4/h11H,5-9H2,1-4H3. The van der Waals surface area contributed by atoms with Gasteiger partial charge >= 0.3 is 0 Å². The molecular weight excluding hydrogens is 260 g/mol. The molecule has 0 saturated carbocycles. The van der Waals surface area contributed by atoms with Crippen LogP contribution in [-0.4, -0.2) is 48.1 Å². The van der Waals surface area contributed by atoms with Crippen molar-refractivity contribution in [2.24, 2.45) is 0 Å². The summed E-state index contributed by atoms with van der Waals surface area (Å²) in [5, 5.41) is 0.599. The maximum absolute atomic E-state index is 6.24. The molecule has 1 atom stereocenters. The van der Waals surface area contributed by atoms with E-state index in [1.165, 1.54) is 6.42 Å². The second-order valence-corrected chi connectivity index (χ2v) is 5.84. The van der Waals surface area contributed by atoms with Crippen LogP contribution in [0.5, 0.6) is 0 Å². The molecule has 2 rings (SSSR count). The molecule has 1 aliphatic heterocycles. The van der Waals surface area contributed by atoms with E-state index in [9.17, 15) is 0 Å². The van der Waals surface area contributed by atoms with Crippen molar-refractivity contribution in [3.8, 4) is 0 Å². The van der Waals surface area contributed by atoms with Crippen LogP contribution in [0.4, 0.5) is 5.82 Å². The van der Waals surface area contributed by atoms with E-state index >= 15 is 0 Å². The number of aryl methyl sites for hydroxylation is 1. The summed E-state index contributed by atoms with van der Waals surface area (Å²) < 4.78 is 0. The molecule has 4 nitrogen and oxygen atoms in total. The molecule has 1 fully saturated rings. The topological polar surface area (TPSA) is 32.3 Å². The molecule has 0 spiro atoms. The van der Waals surface area contributed by atoms with Crippen molar-refractivity contribution in [2.75, 3.05) is 32.1 Å². The summed E-state index contributed by atoms with van der Waals surface area (Å²) in [6.07, 6.45) is 3.11. The smallest absolute Gasteiger partial charge is 0.137 e. The van der Waals surface area contributed by atoms with Gasteiger partial charge < -0.3 is 9.80 Å². The van der Waals surface area contributed by atoms with E-state index in [0.717, 1.165) is 43.1 Å². The number of hydrogen-bond donors (Lipinski definition) is 0. The van der Waals surface area contributed by atoms with Crippen molar-refractivity contribution in [1.82, 2.24) is 14.9 Å². The molecule has 1 saturated heterocycles. The summed E-state index contributed by atoms with van der Waals surface area (Å²) in [5.41, 5.74) is 1.00. The van der Waals surface area contributed by atoms with Crippen LogP contribution in [0.3, 0.4) is 0 Å². The van der Waals surface area contributed by atoms with E-state index < -0.39 is 0 Å². The average Bonchev–Trinajstić information content (AvgIpc) is 2.83. The number of likely N-dealkylation sites (N-methyl/N-ethyl adjacent to an activating group) is 1. The first-order chi connectivity index (χ1) is 9.02. The van der Waals surface area contributed by atoms with E-state index in [1.54, 1.807) is 0 Å². The molecule has 0 aliphatic carbocycles. The zero-order chi connectivity index (χ0) is 14.0. The summed E-state index contributed by atoms with van der Waals surface area (Å²) >= 11 is 6.24. The molecule has 1 aromatic rings. The van der Waals surface area contributed by atoms with Gasteiger partial charge in [-0.05, 0) is 33.9 Å². The molecule has 1 aromatic heterocycles. The van der Waals surface area contributed by atoms with Crippen molar-refractivity contribution in [3.63, 3.8) is 0 Å². The van der Waals surface area contributed by atoms with Crippen molar-refractivity contribution < 1.29 is 0 Å². The number of nitrogens with zero attached hydrogens (tertiary/aromatic N) is 4. The Morgan fingerprint density at radius 2 is 2.11 bits per heavy atom. The quantitative estimate of drug-likeness (QED) is 0.795. The molecule has 0 aromatic carbocycles. The second-order valence-electron chi connectivity index (χ2n) is 5.48. The predicted octanol–water partition coefficient (Wildman–Crippen LogP) is 2.53. The van der Waals surface area contributed by atoms with Crippen LogP contribution in [0.2, 0.25) is 5.15 Å². The first kappa shape index (κ1) is 14.5. The van der Waals surface area contributed by atoms with Crippen LogP contribution in [0.25, 0.3) is 0 Å². The molecule has 1 unspecified atom stereocenters. The van der Waals surface area contributed by atoms with Crippen molar-refractivity contribution in [3.05, 3.63) is 16.5 Å². The van der Waals surface area contributed by atoms with Crippen LogP contribution >= 0.6 is 11.6 Å². The third-order valence-corrected chi connectivity index (χ3v) is 4.14. The lowest BCUT2D eigenvalue weighted by atomic mass is 10.2.